The molecule has 0 aliphatic rings. The highest BCUT2D eigenvalue weighted by molar-refractivity contribution is 5.94. The summed E-state index contributed by atoms with van der Waals surface area (Å²) in [5, 5.41) is 11.2. The number of carbonyl (C=O) groups excluding carboxylic acids is 1. The number of hydrogen-bond donors (Lipinski definition) is 0. The van der Waals surface area contributed by atoms with Crippen LogP contribution in [0.15, 0.2) is 60.9 Å². The van der Waals surface area contributed by atoms with Gasteiger partial charge in [0.2, 0.25) is 0 Å². The van der Waals surface area contributed by atoms with Gasteiger partial charge in [-0.25, -0.2) is 4.68 Å². The van der Waals surface area contributed by atoms with E-state index in [0.29, 0.717) is 18.7 Å². The van der Waals surface area contributed by atoms with E-state index in [4.69, 9.17) is 0 Å². The Hall–Kier alpha value is -3.06. The number of benzene rings is 2. The Morgan fingerprint density at radius 1 is 1.00 bits per heavy atom. The van der Waals surface area contributed by atoms with E-state index in [0.717, 1.165) is 30.9 Å². The van der Waals surface area contributed by atoms with Crippen molar-refractivity contribution in [2.24, 2.45) is 0 Å². The average molecular weight is 378 g/mol. The smallest absolute Gasteiger partial charge is 0.254 e. The standard InChI is InChI=1S/C21H26N6O/c1-3-25(4-2)13-14-26(16-18-9-6-5-7-10-18)21(28)19-11-8-12-20(15-19)27-17-22-23-24-27/h5-12,15,17H,3-4,13-14,16H2,1-2H3. The average Bonchev–Trinajstić information content (AvgIpc) is 3.29. The molecule has 0 spiro atoms. The number of tetrazole rings is 1. The maximum atomic E-state index is 13.3. The third kappa shape index (κ3) is 5.01. The molecule has 0 N–H and O–H groups in total. The van der Waals surface area contributed by atoms with Crippen molar-refractivity contribution >= 4 is 5.91 Å². The largest absolute Gasteiger partial charge is 0.333 e. The lowest BCUT2D eigenvalue weighted by Crippen LogP contribution is -2.38. The van der Waals surface area contributed by atoms with Crippen molar-refractivity contribution in [3.8, 4) is 5.69 Å². The zero-order chi connectivity index (χ0) is 19.8. The fourth-order valence-electron chi connectivity index (χ4n) is 3.10. The van der Waals surface area contributed by atoms with Gasteiger partial charge in [-0.1, -0.05) is 50.2 Å². The van der Waals surface area contributed by atoms with E-state index in [-0.39, 0.29) is 5.91 Å². The second kappa shape index (κ2) is 9.75. The SMILES string of the molecule is CCN(CC)CCN(Cc1ccccc1)C(=O)c1cccc(-n2cnnn2)c1. The van der Waals surface area contributed by atoms with Gasteiger partial charge in [-0.15, -0.1) is 5.10 Å². The molecular weight excluding hydrogens is 352 g/mol. The first-order valence-corrected chi connectivity index (χ1v) is 9.60. The molecule has 0 aliphatic heterocycles. The van der Waals surface area contributed by atoms with Gasteiger partial charge in [0.1, 0.15) is 6.33 Å². The van der Waals surface area contributed by atoms with Gasteiger partial charge in [0.25, 0.3) is 5.91 Å². The van der Waals surface area contributed by atoms with Gasteiger partial charge in [0, 0.05) is 25.2 Å². The summed E-state index contributed by atoms with van der Waals surface area (Å²) in [6, 6.07) is 17.5. The zero-order valence-electron chi connectivity index (χ0n) is 16.4. The first kappa shape index (κ1) is 19.7. The zero-order valence-corrected chi connectivity index (χ0v) is 16.4. The van der Waals surface area contributed by atoms with E-state index in [2.05, 4.69) is 46.4 Å². The number of rotatable bonds is 9. The summed E-state index contributed by atoms with van der Waals surface area (Å²) in [6.45, 7) is 8.32. The number of likely N-dealkylation sites (N-methyl/N-ethyl adjacent to an activating group) is 1. The Bertz CT molecular complexity index is 862. The van der Waals surface area contributed by atoms with E-state index in [1.165, 1.54) is 6.33 Å². The molecule has 7 nitrogen and oxygen atoms in total. The van der Waals surface area contributed by atoms with Crippen LogP contribution in [0.1, 0.15) is 29.8 Å². The topological polar surface area (TPSA) is 67.2 Å². The van der Waals surface area contributed by atoms with Crippen LogP contribution in [-0.2, 0) is 6.54 Å². The van der Waals surface area contributed by atoms with E-state index in [9.17, 15) is 4.79 Å². The van der Waals surface area contributed by atoms with Gasteiger partial charge in [0.05, 0.1) is 5.69 Å². The second-order valence-electron chi connectivity index (χ2n) is 6.54. The van der Waals surface area contributed by atoms with Crippen molar-refractivity contribution < 1.29 is 4.79 Å². The summed E-state index contributed by atoms with van der Waals surface area (Å²) in [6.07, 6.45) is 1.52. The first-order valence-electron chi connectivity index (χ1n) is 9.60. The number of nitrogens with zero attached hydrogens (tertiary/aromatic N) is 6. The third-order valence-corrected chi connectivity index (χ3v) is 4.79. The fourth-order valence-corrected chi connectivity index (χ4v) is 3.10. The number of carbonyl (C=O) groups is 1. The highest BCUT2D eigenvalue weighted by Gasteiger charge is 2.18. The molecule has 3 rings (SSSR count). The maximum absolute atomic E-state index is 13.3. The number of hydrogen-bond acceptors (Lipinski definition) is 5. The molecule has 0 atom stereocenters. The quantitative estimate of drug-likeness (QED) is 0.573. The van der Waals surface area contributed by atoms with Gasteiger partial charge >= 0.3 is 0 Å². The van der Waals surface area contributed by atoms with Crippen molar-refractivity contribution in [1.82, 2.24) is 30.0 Å². The molecule has 2 aromatic carbocycles. The molecule has 0 saturated carbocycles. The first-order chi connectivity index (χ1) is 13.7. The summed E-state index contributed by atoms with van der Waals surface area (Å²) >= 11 is 0. The van der Waals surface area contributed by atoms with Crippen LogP contribution < -0.4 is 0 Å². The van der Waals surface area contributed by atoms with Crippen molar-refractivity contribution in [2.75, 3.05) is 26.2 Å². The van der Waals surface area contributed by atoms with Gasteiger partial charge < -0.3 is 9.80 Å². The Morgan fingerprint density at radius 3 is 2.46 bits per heavy atom. The monoisotopic (exact) mass is 378 g/mol. The molecule has 1 heterocycles. The molecule has 7 heteroatoms. The van der Waals surface area contributed by atoms with Crippen LogP contribution in [0.5, 0.6) is 0 Å². The van der Waals surface area contributed by atoms with Crippen LogP contribution in [-0.4, -0.2) is 62.1 Å². The molecule has 1 amide bonds. The Kier molecular flexibility index (Phi) is 6.86. The highest BCUT2D eigenvalue weighted by atomic mass is 16.2. The summed E-state index contributed by atoms with van der Waals surface area (Å²) < 4.78 is 1.55. The maximum Gasteiger partial charge on any atom is 0.254 e. The molecule has 0 unspecified atom stereocenters. The summed E-state index contributed by atoms with van der Waals surface area (Å²) in [5.74, 6) is 0.00549. The molecule has 28 heavy (non-hydrogen) atoms. The van der Waals surface area contributed by atoms with Crippen LogP contribution >= 0.6 is 0 Å². The van der Waals surface area contributed by atoms with E-state index < -0.39 is 0 Å². The van der Waals surface area contributed by atoms with Crippen LogP contribution in [0, 0.1) is 0 Å². The highest BCUT2D eigenvalue weighted by Crippen LogP contribution is 2.14. The minimum atomic E-state index is 0.00549. The summed E-state index contributed by atoms with van der Waals surface area (Å²) in [4.78, 5) is 17.5. The molecule has 0 saturated heterocycles. The molecule has 0 aliphatic carbocycles. The molecular formula is C21H26N6O. The summed E-state index contributed by atoms with van der Waals surface area (Å²) in [7, 11) is 0. The third-order valence-electron chi connectivity index (χ3n) is 4.79. The van der Waals surface area contributed by atoms with Crippen molar-refractivity contribution in [1.29, 1.82) is 0 Å². The van der Waals surface area contributed by atoms with Gasteiger partial charge in [-0.05, 0) is 47.3 Å². The fraction of sp³-hybridized carbons (Fsp3) is 0.333. The van der Waals surface area contributed by atoms with Crippen molar-refractivity contribution in [3.05, 3.63) is 72.1 Å². The van der Waals surface area contributed by atoms with Crippen LogP contribution in [0.3, 0.4) is 0 Å². The number of amides is 1. The predicted octanol–water partition coefficient (Wildman–Crippen LogP) is 2.65. The molecule has 0 bridgehead atoms. The van der Waals surface area contributed by atoms with Gasteiger partial charge in [-0.2, -0.15) is 0 Å². The van der Waals surface area contributed by atoms with E-state index >= 15 is 0 Å². The minimum Gasteiger partial charge on any atom is -0.333 e. The minimum absolute atomic E-state index is 0.00549. The lowest BCUT2D eigenvalue weighted by molar-refractivity contribution is 0.0724. The van der Waals surface area contributed by atoms with Gasteiger partial charge in [0.15, 0.2) is 0 Å². The molecule has 0 fully saturated rings. The predicted molar refractivity (Wildman–Crippen MR) is 108 cm³/mol. The Morgan fingerprint density at radius 2 is 1.79 bits per heavy atom. The van der Waals surface area contributed by atoms with Gasteiger partial charge in [-0.3, -0.25) is 4.79 Å². The van der Waals surface area contributed by atoms with Crippen LogP contribution in [0.4, 0.5) is 0 Å². The number of aromatic nitrogens is 4. The molecule has 0 radical (unpaired) electrons. The van der Waals surface area contributed by atoms with Crippen LogP contribution in [0.2, 0.25) is 0 Å². The van der Waals surface area contributed by atoms with E-state index in [1.807, 2.05) is 47.4 Å². The second-order valence-corrected chi connectivity index (χ2v) is 6.54. The van der Waals surface area contributed by atoms with Crippen molar-refractivity contribution in [3.63, 3.8) is 0 Å². The van der Waals surface area contributed by atoms with E-state index in [1.54, 1.807) is 4.68 Å². The lowest BCUT2D eigenvalue weighted by Gasteiger charge is -2.27. The Labute approximate surface area is 165 Å². The summed E-state index contributed by atoms with van der Waals surface area (Å²) in [5.41, 5.74) is 2.51. The molecule has 146 valence electrons. The lowest BCUT2D eigenvalue weighted by atomic mass is 10.1. The molecule has 3 aromatic rings. The van der Waals surface area contributed by atoms with Crippen LogP contribution in [0.25, 0.3) is 5.69 Å². The Balaban J connectivity index is 1.82. The normalized spacial score (nSPS) is 11.0. The molecule has 1 aromatic heterocycles. The van der Waals surface area contributed by atoms with Crippen molar-refractivity contribution in [2.45, 2.75) is 20.4 Å².